The molecule has 0 spiro atoms. The van der Waals surface area contributed by atoms with Crippen molar-refractivity contribution in [3.05, 3.63) is 36.5 Å². The zero-order valence-electron chi connectivity index (χ0n) is 49.5. The van der Waals surface area contributed by atoms with Crippen molar-refractivity contribution < 1.29 is 42.9 Å². The van der Waals surface area contributed by atoms with E-state index in [1.54, 1.807) is 0 Å². The minimum absolute atomic E-state index is 0.147. The first-order chi connectivity index (χ1) is 36.1. The molecule has 0 rings (SSSR count). The average Bonchev–Trinajstić information content (AvgIpc) is 3.37. The molecule has 9 nitrogen and oxygen atoms in total. The molecule has 0 aliphatic carbocycles. The number of unbranched alkanes of at least 4 members (excludes halogenated alkanes) is 38. The van der Waals surface area contributed by atoms with Crippen LogP contribution in [0.5, 0.6) is 0 Å². The molecule has 0 N–H and O–H groups in total. The Kier molecular flexibility index (Phi) is 54.8. The first-order valence-corrected chi connectivity index (χ1v) is 31.6. The summed E-state index contributed by atoms with van der Waals surface area (Å²) in [6.45, 7) is 4.67. The fourth-order valence-electron chi connectivity index (χ4n) is 9.32. The Balaban J connectivity index is 4.04. The maximum atomic E-state index is 12.8. The number of esters is 2. The molecule has 0 aromatic rings. The molecule has 0 radical (unpaired) electrons. The predicted molar refractivity (Wildman–Crippen MR) is 311 cm³/mol. The number of nitrogens with zero attached hydrogens (tertiary/aromatic N) is 1. The van der Waals surface area contributed by atoms with Crippen LogP contribution in [-0.2, 0) is 33.3 Å². The second-order valence-corrected chi connectivity index (χ2v) is 22.7. The molecule has 2 unspecified atom stereocenters. The van der Waals surface area contributed by atoms with Crippen LogP contribution in [0.2, 0.25) is 0 Å². The van der Waals surface area contributed by atoms with E-state index in [1.165, 1.54) is 205 Å². The summed E-state index contributed by atoms with van der Waals surface area (Å²) in [7, 11) is 5.93. The third kappa shape index (κ3) is 57.2. The Morgan fingerprint density at radius 1 is 0.419 bits per heavy atom. The maximum Gasteiger partial charge on any atom is 0.306 e. The molecule has 434 valence electrons. The van der Waals surface area contributed by atoms with Gasteiger partial charge in [0.2, 0.25) is 0 Å². The van der Waals surface area contributed by atoms with Crippen LogP contribution < -0.4 is 5.11 Å². The largest absolute Gasteiger partial charge is 0.545 e. The molecule has 0 aromatic carbocycles. The van der Waals surface area contributed by atoms with E-state index in [0.29, 0.717) is 23.9 Å². The predicted octanol–water partition coefficient (Wildman–Crippen LogP) is 17.5. The number of carbonyl (C=O) groups excluding carboxylic acids is 3. The number of quaternary nitrogens is 1. The van der Waals surface area contributed by atoms with Crippen molar-refractivity contribution in [3.8, 4) is 0 Å². The SMILES string of the molecule is CC/C=C\C/C=C\C/C=C\CCCCCCCCCC(=O)OC(COC(=O)CCCCCCCCCCCCCCCCCCCCCCCCCCCCCCCCCC)COC(OCC[N+](C)(C)C)C(=O)[O-]. The summed E-state index contributed by atoms with van der Waals surface area (Å²) in [6, 6.07) is 0. The van der Waals surface area contributed by atoms with Gasteiger partial charge in [-0.3, -0.25) is 9.59 Å². The molecule has 0 heterocycles. The highest BCUT2D eigenvalue weighted by Gasteiger charge is 2.22. The number of hydrogen-bond donors (Lipinski definition) is 0. The molecular formula is C65H121NO8. The quantitative estimate of drug-likeness (QED) is 0.0195. The number of likely N-dealkylation sites (N-methyl/N-ethyl adjacent to an activating group) is 1. The zero-order valence-corrected chi connectivity index (χ0v) is 49.5. The van der Waals surface area contributed by atoms with E-state index < -0.39 is 24.3 Å². The number of ether oxygens (including phenoxy) is 4. The molecule has 0 amide bonds. The summed E-state index contributed by atoms with van der Waals surface area (Å²) >= 11 is 0. The van der Waals surface area contributed by atoms with E-state index in [1.807, 2.05) is 21.1 Å². The van der Waals surface area contributed by atoms with Crippen LogP contribution in [0.4, 0.5) is 0 Å². The minimum atomic E-state index is -1.62. The van der Waals surface area contributed by atoms with Gasteiger partial charge in [-0.25, -0.2) is 0 Å². The average molecular weight is 1040 g/mol. The Morgan fingerprint density at radius 3 is 1.15 bits per heavy atom. The van der Waals surface area contributed by atoms with Crippen LogP contribution in [0.1, 0.15) is 303 Å². The highest BCUT2D eigenvalue weighted by molar-refractivity contribution is 5.70. The van der Waals surface area contributed by atoms with Gasteiger partial charge in [-0.05, 0) is 44.9 Å². The summed E-state index contributed by atoms with van der Waals surface area (Å²) in [5.74, 6) is -2.28. The Labute approximate surface area is 458 Å². The molecule has 0 aliphatic rings. The molecule has 0 aliphatic heterocycles. The van der Waals surface area contributed by atoms with Gasteiger partial charge in [-0.15, -0.1) is 0 Å². The molecular weight excluding hydrogens is 923 g/mol. The molecule has 74 heavy (non-hydrogen) atoms. The molecule has 0 saturated heterocycles. The molecule has 0 fully saturated rings. The fourth-order valence-corrected chi connectivity index (χ4v) is 9.32. The van der Waals surface area contributed by atoms with E-state index >= 15 is 0 Å². The van der Waals surface area contributed by atoms with Crippen molar-refractivity contribution in [2.45, 2.75) is 315 Å². The van der Waals surface area contributed by atoms with Crippen LogP contribution in [0, 0.1) is 0 Å². The van der Waals surface area contributed by atoms with Gasteiger partial charge in [0.05, 0.1) is 40.3 Å². The van der Waals surface area contributed by atoms with E-state index in [2.05, 4.69) is 50.3 Å². The van der Waals surface area contributed by atoms with Gasteiger partial charge in [0, 0.05) is 12.8 Å². The Morgan fingerprint density at radius 2 is 0.770 bits per heavy atom. The Bertz CT molecular complexity index is 1310. The number of hydrogen-bond acceptors (Lipinski definition) is 8. The summed E-state index contributed by atoms with van der Waals surface area (Å²) in [4.78, 5) is 37.3. The summed E-state index contributed by atoms with van der Waals surface area (Å²) in [5.41, 5.74) is 0. The van der Waals surface area contributed by atoms with Crippen LogP contribution >= 0.6 is 0 Å². The van der Waals surface area contributed by atoms with Crippen LogP contribution in [0.25, 0.3) is 0 Å². The number of rotatable bonds is 59. The third-order valence-corrected chi connectivity index (χ3v) is 14.2. The van der Waals surface area contributed by atoms with Gasteiger partial charge in [0.15, 0.2) is 12.4 Å². The lowest BCUT2D eigenvalue weighted by Crippen LogP contribution is -2.44. The molecule has 9 heteroatoms. The highest BCUT2D eigenvalue weighted by Crippen LogP contribution is 2.18. The van der Waals surface area contributed by atoms with Crippen molar-refractivity contribution in [2.75, 3.05) is 47.5 Å². The van der Waals surface area contributed by atoms with Gasteiger partial charge in [-0.2, -0.15) is 0 Å². The number of allylic oxidation sites excluding steroid dienone is 6. The van der Waals surface area contributed by atoms with E-state index in [4.69, 9.17) is 18.9 Å². The molecule has 0 saturated carbocycles. The number of carbonyl (C=O) groups is 3. The van der Waals surface area contributed by atoms with E-state index in [9.17, 15) is 19.5 Å². The highest BCUT2D eigenvalue weighted by atomic mass is 16.7. The lowest BCUT2D eigenvalue weighted by Gasteiger charge is -2.26. The monoisotopic (exact) mass is 1040 g/mol. The summed E-state index contributed by atoms with van der Waals surface area (Å²) in [6.07, 6.45) is 66.6. The third-order valence-electron chi connectivity index (χ3n) is 14.2. The maximum absolute atomic E-state index is 12.8. The number of carboxylic acid groups (broad SMARTS) is 1. The van der Waals surface area contributed by atoms with Gasteiger partial charge in [0.25, 0.3) is 0 Å². The second kappa shape index (κ2) is 56.7. The van der Waals surface area contributed by atoms with Crippen molar-refractivity contribution in [3.63, 3.8) is 0 Å². The van der Waals surface area contributed by atoms with Crippen LogP contribution in [0.15, 0.2) is 36.5 Å². The van der Waals surface area contributed by atoms with Crippen molar-refractivity contribution in [2.24, 2.45) is 0 Å². The summed E-state index contributed by atoms with van der Waals surface area (Å²) < 4.78 is 22.7. The Hall–Kier alpha value is -2.49. The lowest BCUT2D eigenvalue weighted by molar-refractivity contribution is -0.870. The lowest BCUT2D eigenvalue weighted by atomic mass is 10.0. The van der Waals surface area contributed by atoms with E-state index in [0.717, 1.165) is 64.2 Å². The van der Waals surface area contributed by atoms with Crippen LogP contribution in [-0.4, -0.2) is 82.3 Å². The minimum Gasteiger partial charge on any atom is -0.545 e. The molecule has 0 aromatic heterocycles. The van der Waals surface area contributed by atoms with Gasteiger partial charge >= 0.3 is 11.9 Å². The molecule has 2 atom stereocenters. The van der Waals surface area contributed by atoms with Crippen molar-refractivity contribution in [1.29, 1.82) is 0 Å². The van der Waals surface area contributed by atoms with Crippen molar-refractivity contribution >= 4 is 17.9 Å². The van der Waals surface area contributed by atoms with E-state index in [-0.39, 0.29) is 32.2 Å². The van der Waals surface area contributed by atoms with Crippen molar-refractivity contribution in [1.82, 2.24) is 0 Å². The first kappa shape index (κ1) is 71.5. The first-order valence-electron chi connectivity index (χ1n) is 31.6. The fraction of sp³-hybridized carbons (Fsp3) is 0.862. The normalized spacial score (nSPS) is 12.9. The van der Waals surface area contributed by atoms with Gasteiger partial charge in [-0.1, -0.05) is 281 Å². The number of aliphatic carboxylic acids is 1. The topological polar surface area (TPSA) is 111 Å². The molecule has 0 bridgehead atoms. The van der Waals surface area contributed by atoms with Gasteiger partial charge in [0.1, 0.15) is 13.2 Å². The zero-order chi connectivity index (χ0) is 54.1. The smallest absolute Gasteiger partial charge is 0.306 e. The van der Waals surface area contributed by atoms with Crippen LogP contribution in [0.3, 0.4) is 0 Å². The standard InChI is InChI=1S/C65H121NO8/c1-6-8-10-12-14-16-18-20-22-24-25-26-27-28-29-30-31-32-33-34-35-36-37-38-40-41-43-45-47-49-51-53-55-62(67)72-59-61(60-73-65(64(69)70)71-58-57-66(3,4)5)74-63(68)56-54-52-50-48-46-44-42-39-23-21-19-17-15-13-11-9-7-2/h9,11,15,17,21,23,61,65H,6-8,10,12-14,16,18-20,22,24-60H2,1-5H3/b11-9-,17-15-,23-21-. The number of carboxylic acids is 1. The summed E-state index contributed by atoms with van der Waals surface area (Å²) in [5, 5.41) is 11.8. The second-order valence-electron chi connectivity index (χ2n) is 22.7. The van der Waals surface area contributed by atoms with Gasteiger partial charge < -0.3 is 33.3 Å².